The molecule has 0 nitrogen and oxygen atoms in total. The van der Waals surface area contributed by atoms with Crippen molar-refractivity contribution in [2.45, 2.75) is 46.0 Å². The van der Waals surface area contributed by atoms with Crippen molar-refractivity contribution in [2.24, 2.45) is 5.41 Å². The fourth-order valence-corrected chi connectivity index (χ4v) is 4.10. The van der Waals surface area contributed by atoms with Gasteiger partial charge in [-0.15, -0.1) is 11.3 Å². The van der Waals surface area contributed by atoms with Crippen molar-refractivity contribution in [1.82, 2.24) is 0 Å². The van der Waals surface area contributed by atoms with E-state index in [1.165, 1.54) is 30.6 Å². The Balaban J connectivity index is 2.69. The van der Waals surface area contributed by atoms with Crippen LogP contribution < -0.4 is 0 Å². The zero-order chi connectivity index (χ0) is 12.0. The van der Waals surface area contributed by atoms with Gasteiger partial charge in [-0.25, -0.2) is 0 Å². The highest BCUT2D eigenvalue weighted by Crippen LogP contribution is 2.37. The van der Waals surface area contributed by atoms with E-state index in [1.807, 2.05) is 6.07 Å². The molecule has 0 saturated carbocycles. The van der Waals surface area contributed by atoms with E-state index < -0.39 is 0 Å². The van der Waals surface area contributed by atoms with Crippen LogP contribution in [0.15, 0.2) is 12.1 Å². The first kappa shape index (κ1) is 14.5. The molecular weight excluding hydrogens is 304 g/mol. The van der Waals surface area contributed by atoms with Gasteiger partial charge in [-0.3, -0.25) is 0 Å². The molecule has 0 bridgehead atoms. The van der Waals surface area contributed by atoms with E-state index in [1.54, 1.807) is 11.3 Å². The molecule has 0 fully saturated rings. The van der Waals surface area contributed by atoms with Gasteiger partial charge in [0.1, 0.15) is 0 Å². The van der Waals surface area contributed by atoms with Crippen LogP contribution in [0.2, 0.25) is 4.34 Å². The zero-order valence-electron chi connectivity index (χ0n) is 10.1. The topological polar surface area (TPSA) is 0 Å². The predicted molar refractivity (Wildman–Crippen MR) is 79.1 cm³/mol. The van der Waals surface area contributed by atoms with E-state index in [9.17, 15) is 0 Å². The molecule has 1 unspecified atom stereocenters. The summed E-state index contributed by atoms with van der Waals surface area (Å²) in [6.45, 7) is 4.56. The second-order valence-electron chi connectivity index (χ2n) is 4.47. The largest absolute Gasteiger partial charge is 0.128 e. The summed E-state index contributed by atoms with van der Waals surface area (Å²) in [5, 5.41) is 1.09. The number of unbranched alkanes of at least 4 members (excludes halogenated alkanes) is 1. The lowest BCUT2D eigenvalue weighted by molar-refractivity contribution is 0.286. The maximum Gasteiger partial charge on any atom is 0.0931 e. The number of rotatable bonds is 7. The third-order valence-electron chi connectivity index (χ3n) is 3.27. The molecule has 1 heterocycles. The van der Waals surface area contributed by atoms with Gasteiger partial charge < -0.3 is 0 Å². The van der Waals surface area contributed by atoms with Gasteiger partial charge in [-0.05, 0) is 36.8 Å². The number of alkyl halides is 1. The van der Waals surface area contributed by atoms with Crippen LogP contribution >= 0.6 is 38.9 Å². The van der Waals surface area contributed by atoms with Crippen molar-refractivity contribution in [2.75, 3.05) is 5.33 Å². The van der Waals surface area contributed by atoms with Crippen LogP contribution in [0.5, 0.6) is 0 Å². The second kappa shape index (κ2) is 7.03. The smallest absolute Gasteiger partial charge is 0.0931 e. The Kier molecular flexibility index (Phi) is 6.38. The normalized spacial score (nSPS) is 15.0. The number of thiophene rings is 1. The van der Waals surface area contributed by atoms with Gasteiger partial charge in [0.25, 0.3) is 0 Å². The fraction of sp³-hybridized carbons (Fsp3) is 0.692. The molecule has 92 valence electrons. The van der Waals surface area contributed by atoms with Crippen LogP contribution in [0.1, 0.15) is 44.4 Å². The predicted octanol–water partition coefficient (Wildman–Crippen LogP) is 5.93. The lowest BCUT2D eigenvalue weighted by atomic mass is 9.79. The summed E-state index contributed by atoms with van der Waals surface area (Å²) in [7, 11) is 0. The van der Waals surface area contributed by atoms with Crippen molar-refractivity contribution >= 4 is 38.9 Å². The number of hydrogen-bond acceptors (Lipinski definition) is 1. The summed E-state index contributed by atoms with van der Waals surface area (Å²) in [5.41, 5.74) is 0.421. The monoisotopic (exact) mass is 322 g/mol. The maximum absolute atomic E-state index is 5.99. The Morgan fingerprint density at radius 3 is 2.56 bits per heavy atom. The summed E-state index contributed by atoms with van der Waals surface area (Å²) in [4.78, 5) is 1.42. The average molecular weight is 324 g/mol. The van der Waals surface area contributed by atoms with E-state index in [0.29, 0.717) is 5.41 Å². The quantitative estimate of drug-likeness (QED) is 0.546. The summed E-state index contributed by atoms with van der Waals surface area (Å²) < 4.78 is 0.907. The first-order valence-corrected chi connectivity index (χ1v) is 8.27. The molecule has 0 N–H and O–H groups in total. The molecule has 16 heavy (non-hydrogen) atoms. The molecular formula is C13H20BrClS. The van der Waals surface area contributed by atoms with Crippen LogP contribution in [0, 0.1) is 5.41 Å². The lowest BCUT2D eigenvalue weighted by Crippen LogP contribution is -2.24. The van der Waals surface area contributed by atoms with Crippen molar-refractivity contribution in [3.63, 3.8) is 0 Å². The minimum Gasteiger partial charge on any atom is -0.128 e. The highest BCUT2D eigenvalue weighted by molar-refractivity contribution is 9.09. The van der Waals surface area contributed by atoms with E-state index in [4.69, 9.17) is 11.6 Å². The molecule has 0 aromatic carbocycles. The van der Waals surface area contributed by atoms with Gasteiger partial charge in [-0.1, -0.05) is 54.2 Å². The molecule has 0 spiro atoms. The number of halogens is 2. The Labute approximate surface area is 117 Å². The molecule has 1 atom stereocenters. The number of hydrogen-bond donors (Lipinski definition) is 0. The third-order valence-corrected chi connectivity index (χ3v) is 5.69. The SMILES string of the molecule is CCCCC(CC)(CBr)Cc1ccc(Cl)s1. The van der Waals surface area contributed by atoms with Crippen LogP contribution in [-0.4, -0.2) is 5.33 Å². The molecule has 1 rings (SSSR count). The molecule has 0 saturated heterocycles. The van der Waals surface area contributed by atoms with Gasteiger partial charge in [0.2, 0.25) is 0 Å². The molecule has 1 aromatic rings. The van der Waals surface area contributed by atoms with Gasteiger partial charge in [-0.2, -0.15) is 0 Å². The zero-order valence-corrected chi connectivity index (χ0v) is 13.2. The second-order valence-corrected chi connectivity index (χ2v) is 6.83. The first-order valence-electron chi connectivity index (χ1n) is 5.96. The summed E-state index contributed by atoms with van der Waals surface area (Å²) in [6.07, 6.45) is 6.29. The molecule has 0 aliphatic heterocycles. The summed E-state index contributed by atoms with van der Waals surface area (Å²) in [5.74, 6) is 0. The van der Waals surface area contributed by atoms with E-state index in [2.05, 4.69) is 35.8 Å². The van der Waals surface area contributed by atoms with Crippen molar-refractivity contribution < 1.29 is 0 Å². The Hall–Kier alpha value is 0.470. The molecule has 0 radical (unpaired) electrons. The Morgan fingerprint density at radius 2 is 2.12 bits per heavy atom. The maximum atomic E-state index is 5.99. The van der Waals surface area contributed by atoms with E-state index in [0.717, 1.165) is 16.1 Å². The van der Waals surface area contributed by atoms with Crippen LogP contribution in [-0.2, 0) is 6.42 Å². The minimum absolute atomic E-state index is 0.421. The van der Waals surface area contributed by atoms with Crippen molar-refractivity contribution in [3.05, 3.63) is 21.3 Å². The van der Waals surface area contributed by atoms with Crippen molar-refractivity contribution in [3.8, 4) is 0 Å². The van der Waals surface area contributed by atoms with Crippen LogP contribution in [0.25, 0.3) is 0 Å². The molecule has 3 heteroatoms. The van der Waals surface area contributed by atoms with Crippen LogP contribution in [0.3, 0.4) is 0 Å². The molecule has 0 aliphatic carbocycles. The van der Waals surface area contributed by atoms with Gasteiger partial charge >= 0.3 is 0 Å². The van der Waals surface area contributed by atoms with Crippen molar-refractivity contribution in [1.29, 1.82) is 0 Å². The highest BCUT2D eigenvalue weighted by Gasteiger charge is 2.27. The van der Waals surface area contributed by atoms with E-state index >= 15 is 0 Å². The first-order chi connectivity index (χ1) is 7.65. The van der Waals surface area contributed by atoms with Gasteiger partial charge in [0, 0.05) is 10.2 Å². The average Bonchev–Trinajstić information content (AvgIpc) is 2.70. The van der Waals surface area contributed by atoms with Gasteiger partial charge in [0.15, 0.2) is 0 Å². The molecule has 0 amide bonds. The van der Waals surface area contributed by atoms with E-state index in [-0.39, 0.29) is 0 Å². The molecule has 1 aromatic heterocycles. The third kappa shape index (κ3) is 4.05. The van der Waals surface area contributed by atoms with Crippen LogP contribution in [0.4, 0.5) is 0 Å². The highest BCUT2D eigenvalue weighted by atomic mass is 79.9. The Morgan fingerprint density at radius 1 is 1.38 bits per heavy atom. The fourth-order valence-electron chi connectivity index (χ4n) is 1.97. The minimum atomic E-state index is 0.421. The summed E-state index contributed by atoms with van der Waals surface area (Å²) in [6, 6.07) is 4.18. The van der Waals surface area contributed by atoms with Gasteiger partial charge in [0.05, 0.1) is 4.34 Å². The standard InChI is InChI=1S/C13H20BrClS/c1-3-5-8-13(4-2,10-14)9-11-6-7-12(15)16-11/h6-7H,3-5,8-10H2,1-2H3. The summed E-state index contributed by atoms with van der Waals surface area (Å²) >= 11 is 11.4. The lowest BCUT2D eigenvalue weighted by Gasteiger charge is -2.30. The molecule has 0 aliphatic rings. The Bertz CT molecular complexity index is 305.